The molecule has 1 N–H and O–H groups in total. The number of phenolic OH excluding ortho intramolecular Hbond substituents is 1. The van der Waals surface area contributed by atoms with E-state index in [1.54, 1.807) is 12.1 Å². The fraction of sp³-hybridized carbons (Fsp3) is 0.125. The zero-order chi connectivity index (χ0) is 20.5. The van der Waals surface area contributed by atoms with Crippen LogP contribution in [0.5, 0.6) is 11.5 Å². The van der Waals surface area contributed by atoms with Crippen LogP contribution < -0.4 is 4.74 Å². The van der Waals surface area contributed by atoms with Crippen LogP contribution >= 0.6 is 31.9 Å². The number of benzene rings is 4. The molecule has 0 bridgehead atoms. The number of rotatable bonds is 4. The Morgan fingerprint density at radius 1 is 0.862 bits per heavy atom. The summed E-state index contributed by atoms with van der Waals surface area (Å²) in [5.41, 5.74) is 1.37. The van der Waals surface area contributed by atoms with Gasteiger partial charge in [0.05, 0.1) is 0 Å². The van der Waals surface area contributed by atoms with Crippen LogP contribution in [0.15, 0.2) is 69.6 Å². The topological polar surface area (TPSA) is 46.5 Å². The highest BCUT2D eigenvalue weighted by atomic mass is 79.9. The van der Waals surface area contributed by atoms with Gasteiger partial charge in [0, 0.05) is 26.5 Å². The summed E-state index contributed by atoms with van der Waals surface area (Å²) in [6.07, 6.45) is 1.05. The first kappa shape index (κ1) is 19.9. The lowest BCUT2D eigenvalue weighted by atomic mass is 9.92. The molecule has 0 amide bonds. The Kier molecular flexibility index (Phi) is 5.61. The largest absolute Gasteiger partial charge is 0.507 e. The second-order valence-electron chi connectivity index (χ2n) is 6.85. The van der Waals surface area contributed by atoms with Gasteiger partial charge in [-0.3, -0.25) is 4.79 Å². The number of aromatic hydroxyl groups is 1. The fourth-order valence-corrected chi connectivity index (χ4v) is 4.31. The van der Waals surface area contributed by atoms with Gasteiger partial charge in [-0.25, -0.2) is 0 Å². The summed E-state index contributed by atoms with van der Waals surface area (Å²) in [5, 5.41) is 14.6. The number of ether oxygens (including phenoxy) is 1. The van der Waals surface area contributed by atoms with Gasteiger partial charge in [0.2, 0.25) is 0 Å². The Hall–Kier alpha value is -2.37. The first-order valence-electron chi connectivity index (χ1n) is 9.32. The first-order valence-corrected chi connectivity index (χ1v) is 10.9. The summed E-state index contributed by atoms with van der Waals surface area (Å²) < 4.78 is 7.65. The first-order chi connectivity index (χ1) is 14.0. The molecule has 0 heterocycles. The average molecular weight is 514 g/mol. The van der Waals surface area contributed by atoms with E-state index in [1.165, 1.54) is 0 Å². The SMILES string of the molecule is CCCC(=O)Oc1ccc2cc(Br)ccc2c1-c1c(O)ccc2cc(Br)ccc12. The molecular formula is C24H18Br2O3. The lowest BCUT2D eigenvalue weighted by molar-refractivity contribution is -0.134. The van der Waals surface area contributed by atoms with Crippen LogP contribution in [0.4, 0.5) is 0 Å². The molecule has 29 heavy (non-hydrogen) atoms. The van der Waals surface area contributed by atoms with E-state index in [0.717, 1.165) is 30.5 Å². The molecule has 5 heteroatoms. The third kappa shape index (κ3) is 3.89. The molecule has 0 aliphatic rings. The molecule has 0 aliphatic carbocycles. The summed E-state index contributed by atoms with van der Waals surface area (Å²) in [4.78, 5) is 12.3. The van der Waals surface area contributed by atoms with Gasteiger partial charge < -0.3 is 9.84 Å². The number of phenols is 1. The standard InChI is InChI=1S/C24H18Br2O3/c1-2-3-22(28)29-21-11-5-15-13-17(26)7-9-19(15)24(21)23-18-8-6-16(25)12-14(18)4-10-20(23)27/h4-13,27H,2-3H2,1H3. The van der Waals surface area contributed by atoms with E-state index in [2.05, 4.69) is 31.9 Å². The van der Waals surface area contributed by atoms with Crippen LogP contribution in [0.25, 0.3) is 32.7 Å². The molecule has 0 aromatic heterocycles. The van der Waals surface area contributed by atoms with Gasteiger partial charge in [-0.15, -0.1) is 0 Å². The van der Waals surface area contributed by atoms with Crippen molar-refractivity contribution in [3.63, 3.8) is 0 Å². The highest BCUT2D eigenvalue weighted by Crippen LogP contribution is 2.45. The van der Waals surface area contributed by atoms with Crippen molar-refractivity contribution >= 4 is 59.4 Å². The minimum atomic E-state index is -0.285. The van der Waals surface area contributed by atoms with Gasteiger partial charge in [-0.1, -0.05) is 63.0 Å². The van der Waals surface area contributed by atoms with Crippen molar-refractivity contribution in [1.82, 2.24) is 0 Å². The van der Waals surface area contributed by atoms with Crippen LogP contribution in [-0.2, 0) is 4.79 Å². The van der Waals surface area contributed by atoms with Crippen LogP contribution in [0.3, 0.4) is 0 Å². The Balaban J connectivity index is 2.07. The maximum absolute atomic E-state index is 12.3. The van der Waals surface area contributed by atoms with E-state index in [9.17, 15) is 9.90 Å². The van der Waals surface area contributed by atoms with E-state index < -0.39 is 0 Å². The Labute approximate surface area is 185 Å². The molecule has 0 atom stereocenters. The van der Waals surface area contributed by atoms with E-state index in [4.69, 9.17) is 4.74 Å². The van der Waals surface area contributed by atoms with Crippen molar-refractivity contribution in [2.45, 2.75) is 19.8 Å². The molecule has 3 nitrogen and oxygen atoms in total. The van der Waals surface area contributed by atoms with Gasteiger partial charge in [0.15, 0.2) is 0 Å². The zero-order valence-corrected chi connectivity index (χ0v) is 18.9. The Morgan fingerprint density at radius 3 is 2.07 bits per heavy atom. The quantitative estimate of drug-likeness (QED) is 0.226. The molecule has 0 aliphatic heterocycles. The van der Waals surface area contributed by atoms with Gasteiger partial charge in [-0.05, 0) is 64.4 Å². The second kappa shape index (κ2) is 8.17. The third-order valence-electron chi connectivity index (χ3n) is 4.83. The molecule has 0 unspecified atom stereocenters. The van der Waals surface area contributed by atoms with Gasteiger partial charge in [0.25, 0.3) is 0 Å². The number of carbonyl (C=O) groups is 1. The second-order valence-corrected chi connectivity index (χ2v) is 8.68. The van der Waals surface area contributed by atoms with Crippen LogP contribution in [0.2, 0.25) is 0 Å². The van der Waals surface area contributed by atoms with Gasteiger partial charge in [-0.2, -0.15) is 0 Å². The van der Waals surface area contributed by atoms with Crippen molar-refractivity contribution in [2.24, 2.45) is 0 Å². The summed E-state index contributed by atoms with van der Waals surface area (Å²) in [7, 11) is 0. The minimum Gasteiger partial charge on any atom is -0.507 e. The summed E-state index contributed by atoms with van der Waals surface area (Å²) in [6, 6.07) is 19.1. The number of hydrogen-bond donors (Lipinski definition) is 1. The Bertz CT molecular complexity index is 1250. The average Bonchev–Trinajstić information content (AvgIpc) is 2.69. The predicted octanol–water partition coefficient (Wildman–Crippen LogP) is 7.60. The van der Waals surface area contributed by atoms with Crippen molar-refractivity contribution in [3.05, 3.63) is 69.6 Å². The normalized spacial score (nSPS) is 11.1. The monoisotopic (exact) mass is 512 g/mol. The van der Waals surface area contributed by atoms with Crippen molar-refractivity contribution < 1.29 is 14.6 Å². The molecule has 0 fully saturated rings. The summed E-state index contributed by atoms with van der Waals surface area (Å²) in [6.45, 7) is 1.94. The third-order valence-corrected chi connectivity index (χ3v) is 5.82. The minimum absolute atomic E-state index is 0.142. The van der Waals surface area contributed by atoms with Crippen LogP contribution in [0.1, 0.15) is 19.8 Å². The Morgan fingerprint density at radius 2 is 1.45 bits per heavy atom. The van der Waals surface area contributed by atoms with Gasteiger partial charge in [0.1, 0.15) is 11.5 Å². The molecule has 0 saturated carbocycles. The maximum Gasteiger partial charge on any atom is 0.311 e. The van der Waals surface area contributed by atoms with Crippen LogP contribution in [0, 0.1) is 0 Å². The molecule has 4 rings (SSSR count). The summed E-state index contributed by atoms with van der Waals surface area (Å²) in [5.74, 6) is 0.305. The molecule has 0 saturated heterocycles. The maximum atomic E-state index is 12.3. The lowest BCUT2D eigenvalue weighted by Crippen LogP contribution is -2.08. The number of esters is 1. The van der Waals surface area contributed by atoms with E-state index in [0.29, 0.717) is 29.7 Å². The predicted molar refractivity (Wildman–Crippen MR) is 124 cm³/mol. The van der Waals surface area contributed by atoms with E-state index in [-0.39, 0.29) is 11.7 Å². The highest BCUT2D eigenvalue weighted by Gasteiger charge is 2.19. The number of carbonyl (C=O) groups excluding carboxylic acids is 1. The van der Waals surface area contributed by atoms with Crippen molar-refractivity contribution in [2.75, 3.05) is 0 Å². The molecule has 4 aromatic carbocycles. The van der Waals surface area contributed by atoms with Gasteiger partial charge >= 0.3 is 5.97 Å². The van der Waals surface area contributed by atoms with Crippen molar-refractivity contribution in [3.8, 4) is 22.6 Å². The molecule has 0 radical (unpaired) electrons. The number of hydrogen-bond acceptors (Lipinski definition) is 3. The molecule has 4 aromatic rings. The highest BCUT2D eigenvalue weighted by molar-refractivity contribution is 9.10. The molecular weight excluding hydrogens is 496 g/mol. The summed E-state index contributed by atoms with van der Waals surface area (Å²) >= 11 is 7.02. The fourth-order valence-electron chi connectivity index (χ4n) is 3.55. The van der Waals surface area contributed by atoms with E-state index in [1.807, 2.05) is 55.5 Å². The number of fused-ring (bicyclic) bond motifs is 2. The van der Waals surface area contributed by atoms with Crippen molar-refractivity contribution in [1.29, 1.82) is 0 Å². The molecule has 146 valence electrons. The lowest BCUT2D eigenvalue weighted by Gasteiger charge is -2.17. The zero-order valence-electron chi connectivity index (χ0n) is 15.7. The number of halogens is 2. The van der Waals surface area contributed by atoms with Crippen LogP contribution in [-0.4, -0.2) is 11.1 Å². The smallest absolute Gasteiger partial charge is 0.311 e. The van der Waals surface area contributed by atoms with E-state index >= 15 is 0 Å². The molecule has 0 spiro atoms.